The fraction of sp³-hybridized carbons (Fsp3) is 0.923. The Morgan fingerprint density at radius 1 is 1.45 bits per heavy atom. The van der Waals surface area contributed by atoms with Gasteiger partial charge >= 0.3 is 6.03 Å². The average Bonchev–Trinajstić information content (AvgIpc) is 2.35. The highest BCUT2D eigenvalue weighted by Gasteiger charge is 2.30. The van der Waals surface area contributed by atoms with Gasteiger partial charge in [-0.2, -0.15) is 0 Å². The van der Waals surface area contributed by atoms with E-state index in [1.807, 2.05) is 13.8 Å². The van der Waals surface area contributed by atoms with E-state index in [0.29, 0.717) is 25.9 Å². The Labute approximate surface area is 118 Å². The molecule has 3 atom stereocenters. The zero-order valence-electron chi connectivity index (χ0n) is 12.1. The van der Waals surface area contributed by atoms with Gasteiger partial charge in [0.15, 0.2) is 0 Å². The summed E-state index contributed by atoms with van der Waals surface area (Å²) in [5.41, 5.74) is 5.29. The van der Waals surface area contributed by atoms with Crippen LogP contribution in [0.5, 0.6) is 0 Å². The summed E-state index contributed by atoms with van der Waals surface area (Å²) in [4.78, 5) is 12.8. The Balaban J connectivity index is 2.58. The molecule has 0 aromatic heterocycles. The van der Waals surface area contributed by atoms with E-state index >= 15 is 0 Å². The lowest BCUT2D eigenvalue weighted by Crippen LogP contribution is -2.53. The van der Waals surface area contributed by atoms with Gasteiger partial charge in [0.05, 0.1) is 12.6 Å². The van der Waals surface area contributed by atoms with Crippen LogP contribution in [0.1, 0.15) is 26.7 Å². The van der Waals surface area contributed by atoms with Gasteiger partial charge in [0.2, 0.25) is 0 Å². The molecule has 1 saturated heterocycles. The highest BCUT2D eigenvalue weighted by Crippen LogP contribution is 2.23. The Morgan fingerprint density at radius 3 is 2.60 bits per heavy atom. The fourth-order valence-electron chi connectivity index (χ4n) is 2.57. The van der Waals surface area contributed by atoms with E-state index in [1.165, 1.54) is 4.90 Å². The van der Waals surface area contributed by atoms with Gasteiger partial charge in [0.1, 0.15) is 0 Å². The minimum atomic E-state index is -2.42. The molecule has 0 radical (unpaired) electrons. The van der Waals surface area contributed by atoms with Crippen molar-refractivity contribution in [3.63, 3.8) is 0 Å². The first-order chi connectivity index (χ1) is 9.29. The zero-order chi connectivity index (χ0) is 15.3. The lowest BCUT2D eigenvalue weighted by molar-refractivity contribution is 0.0665. The van der Waals surface area contributed by atoms with E-state index in [-0.39, 0.29) is 17.9 Å². The second-order valence-electron chi connectivity index (χ2n) is 5.89. The van der Waals surface area contributed by atoms with E-state index in [2.05, 4.69) is 5.32 Å². The third-order valence-corrected chi connectivity index (χ3v) is 3.75. The molecule has 1 aliphatic rings. The van der Waals surface area contributed by atoms with Crippen molar-refractivity contribution in [2.24, 2.45) is 17.6 Å². The summed E-state index contributed by atoms with van der Waals surface area (Å²) in [5.74, 6) is 0.204. The molecule has 0 aromatic carbocycles. The number of primary amides is 1. The number of amides is 2. The highest BCUT2D eigenvalue weighted by atomic mass is 19.3. The van der Waals surface area contributed by atoms with E-state index in [9.17, 15) is 18.7 Å². The topological polar surface area (TPSA) is 78.6 Å². The molecule has 1 fully saturated rings. The third kappa shape index (κ3) is 5.58. The largest absolute Gasteiger partial charge is 0.393 e. The second-order valence-corrected chi connectivity index (χ2v) is 5.89. The number of nitrogens with two attached hydrogens (primary N) is 1. The third-order valence-electron chi connectivity index (χ3n) is 3.75. The predicted molar refractivity (Wildman–Crippen MR) is 72.5 cm³/mol. The van der Waals surface area contributed by atoms with E-state index < -0.39 is 25.1 Å². The van der Waals surface area contributed by atoms with Crippen molar-refractivity contribution >= 4 is 6.03 Å². The van der Waals surface area contributed by atoms with Gasteiger partial charge in [-0.15, -0.1) is 0 Å². The molecule has 0 aliphatic carbocycles. The van der Waals surface area contributed by atoms with Crippen LogP contribution in [0.3, 0.4) is 0 Å². The Kier molecular flexibility index (Phi) is 6.61. The summed E-state index contributed by atoms with van der Waals surface area (Å²) < 4.78 is 24.5. The standard InChI is InChI=1S/C13H25F2N3O2/c1-8(2)11(19)4-9-3-10(17-5-12(14)15)7-18(6-9)13(16)20/h8-12,17,19H,3-7H2,1-2H3,(H2,16,20). The summed E-state index contributed by atoms with van der Waals surface area (Å²) in [6, 6.07) is -0.743. The van der Waals surface area contributed by atoms with Crippen LogP contribution in [0, 0.1) is 11.8 Å². The molecule has 7 heteroatoms. The van der Waals surface area contributed by atoms with Crippen LogP contribution in [0.15, 0.2) is 0 Å². The van der Waals surface area contributed by atoms with Crippen LogP contribution in [0.2, 0.25) is 0 Å². The number of aliphatic hydroxyl groups is 1. The van der Waals surface area contributed by atoms with Gasteiger partial charge in [0, 0.05) is 19.1 Å². The number of piperidine rings is 1. The number of hydrogen-bond donors (Lipinski definition) is 3. The predicted octanol–water partition coefficient (Wildman–Crippen LogP) is 1.02. The summed E-state index contributed by atoms with van der Waals surface area (Å²) in [7, 11) is 0. The van der Waals surface area contributed by atoms with Crippen molar-refractivity contribution in [3.05, 3.63) is 0 Å². The quantitative estimate of drug-likeness (QED) is 0.684. The number of aliphatic hydroxyl groups excluding tert-OH is 1. The molecule has 5 nitrogen and oxygen atoms in total. The number of carbonyl (C=O) groups excluding carboxylic acids is 1. The van der Waals surface area contributed by atoms with Crippen molar-refractivity contribution in [1.82, 2.24) is 10.2 Å². The minimum absolute atomic E-state index is 0.0730. The lowest BCUT2D eigenvalue weighted by atomic mass is 9.87. The van der Waals surface area contributed by atoms with Gasteiger partial charge in [-0.1, -0.05) is 13.8 Å². The number of nitrogens with one attached hydrogen (secondary N) is 1. The monoisotopic (exact) mass is 293 g/mol. The van der Waals surface area contributed by atoms with Crippen LogP contribution >= 0.6 is 0 Å². The summed E-state index contributed by atoms with van der Waals surface area (Å²) in [5, 5.41) is 12.7. The van der Waals surface area contributed by atoms with Crippen LogP contribution in [-0.4, -0.2) is 54.2 Å². The number of alkyl halides is 2. The van der Waals surface area contributed by atoms with Crippen molar-refractivity contribution in [3.8, 4) is 0 Å². The number of rotatable bonds is 6. The number of urea groups is 1. The minimum Gasteiger partial charge on any atom is -0.393 e. The Morgan fingerprint density at radius 2 is 2.10 bits per heavy atom. The van der Waals surface area contributed by atoms with Crippen LogP contribution in [-0.2, 0) is 0 Å². The molecule has 0 spiro atoms. The smallest absolute Gasteiger partial charge is 0.314 e. The maximum atomic E-state index is 12.3. The van der Waals surface area contributed by atoms with Crippen molar-refractivity contribution in [2.45, 2.75) is 45.3 Å². The first-order valence-corrected chi connectivity index (χ1v) is 7.03. The van der Waals surface area contributed by atoms with Crippen LogP contribution < -0.4 is 11.1 Å². The van der Waals surface area contributed by atoms with Gasteiger partial charge < -0.3 is 21.1 Å². The number of nitrogens with zero attached hydrogens (tertiary/aromatic N) is 1. The SMILES string of the molecule is CC(C)C(O)CC1CC(NCC(F)F)CN(C(N)=O)C1. The molecular weight excluding hydrogens is 268 g/mol. The first kappa shape index (κ1) is 17.1. The molecule has 1 rings (SSSR count). The maximum Gasteiger partial charge on any atom is 0.314 e. The molecule has 3 unspecified atom stereocenters. The van der Waals surface area contributed by atoms with Crippen LogP contribution in [0.4, 0.5) is 13.6 Å². The van der Waals surface area contributed by atoms with Gasteiger partial charge in [-0.25, -0.2) is 13.6 Å². The number of carbonyl (C=O) groups is 1. The van der Waals surface area contributed by atoms with Crippen molar-refractivity contribution in [1.29, 1.82) is 0 Å². The van der Waals surface area contributed by atoms with E-state index in [4.69, 9.17) is 5.73 Å². The molecule has 20 heavy (non-hydrogen) atoms. The molecule has 2 amide bonds. The van der Waals surface area contributed by atoms with E-state index in [0.717, 1.165) is 0 Å². The Bertz CT molecular complexity index is 316. The maximum absolute atomic E-state index is 12.3. The molecule has 4 N–H and O–H groups in total. The van der Waals surface area contributed by atoms with Crippen molar-refractivity contribution < 1.29 is 18.7 Å². The van der Waals surface area contributed by atoms with Crippen LogP contribution in [0.25, 0.3) is 0 Å². The molecule has 0 bridgehead atoms. The summed E-state index contributed by atoms with van der Waals surface area (Å²) >= 11 is 0. The van der Waals surface area contributed by atoms with Gasteiger partial charge in [0.25, 0.3) is 6.43 Å². The molecule has 118 valence electrons. The average molecular weight is 293 g/mol. The second kappa shape index (κ2) is 7.73. The molecule has 1 aliphatic heterocycles. The summed E-state index contributed by atoms with van der Waals surface area (Å²) in [6.45, 7) is 4.27. The molecule has 1 heterocycles. The van der Waals surface area contributed by atoms with Crippen molar-refractivity contribution in [2.75, 3.05) is 19.6 Å². The number of halogens is 2. The highest BCUT2D eigenvalue weighted by molar-refractivity contribution is 5.72. The molecule has 0 aromatic rings. The van der Waals surface area contributed by atoms with E-state index in [1.54, 1.807) is 0 Å². The zero-order valence-corrected chi connectivity index (χ0v) is 12.1. The normalized spacial score (nSPS) is 25.2. The summed E-state index contributed by atoms with van der Waals surface area (Å²) in [6.07, 6.45) is -1.66. The Hall–Kier alpha value is -0.950. The lowest BCUT2D eigenvalue weighted by Gasteiger charge is -2.38. The number of likely N-dealkylation sites (tertiary alicyclic amines) is 1. The first-order valence-electron chi connectivity index (χ1n) is 7.03. The molecular formula is C13H25F2N3O2. The fourth-order valence-corrected chi connectivity index (χ4v) is 2.57. The van der Waals surface area contributed by atoms with Gasteiger partial charge in [-0.3, -0.25) is 0 Å². The molecule has 0 saturated carbocycles. The number of hydrogen-bond acceptors (Lipinski definition) is 3. The van der Waals surface area contributed by atoms with Gasteiger partial charge in [-0.05, 0) is 24.7 Å².